The third kappa shape index (κ3) is 2.86. The molecule has 0 saturated carbocycles. The molecule has 3 heterocycles. The number of hydrogen-bond donors (Lipinski definition) is 0. The summed E-state index contributed by atoms with van der Waals surface area (Å²) in [6.07, 6.45) is 4.17. The van der Waals surface area contributed by atoms with Crippen LogP contribution < -0.4 is 4.90 Å². The van der Waals surface area contributed by atoms with Crippen LogP contribution in [0.2, 0.25) is 0 Å². The number of nitrogens with zero attached hydrogens (tertiary/aromatic N) is 3. The van der Waals surface area contributed by atoms with E-state index in [1.54, 1.807) is 0 Å². The smallest absolute Gasteiger partial charge is 0.252 e. The molecule has 21 heavy (non-hydrogen) atoms. The molecule has 116 valence electrons. The molecule has 0 spiro atoms. The molecule has 2 fully saturated rings. The number of hydrogen-bond acceptors (Lipinski definition) is 5. The first-order chi connectivity index (χ1) is 9.76. The van der Waals surface area contributed by atoms with Crippen molar-refractivity contribution >= 4 is 15.7 Å². The minimum atomic E-state index is -3.44. The van der Waals surface area contributed by atoms with E-state index < -0.39 is 15.8 Å². The molecular formula is C13H17F2N3O2S. The second-order valence-corrected chi connectivity index (χ2v) is 7.86. The van der Waals surface area contributed by atoms with Crippen molar-refractivity contribution in [2.45, 2.75) is 55.1 Å². The number of halogens is 2. The van der Waals surface area contributed by atoms with Gasteiger partial charge in [-0.1, -0.05) is 0 Å². The van der Waals surface area contributed by atoms with E-state index in [9.17, 15) is 17.2 Å². The molecule has 0 N–H and O–H groups in total. The summed E-state index contributed by atoms with van der Waals surface area (Å²) in [5.41, 5.74) is 0. The van der Waals surface area contributed by atoms with Crippen molar-refractivity contribution in [3.05, 3.63) is 12.4 Å². The van der Waals surface area contributed by atoms with Gasteiger partial charge in [0.05, 0.1) is 0 Å². The molecule has 0 aliphatic carbocycles. The van der Waals surface area contributed by atoms with Gasteiger partial charge in [-0.25, -0.2) is 27.2 Å². The molecule has 2 bridgehead atoms. The molecule has 5 nitrogen and oxygen atoms in total. The lowest BCUT2D eigenvalue weighted by Gasteiger charge is -2.49. The number of anilines is 1. The van der Waals surface area contributed by atoms with E-state index in [1.807, 2.05) is 4.90 Å². The van der Waals surface area contributed by atoms with Gasteiger partial charge in [-0.15, -0.1) is 0 Å². The highest BCUT2D eigenvalue weighted by atomic mass is 32.2. The average Bonchev–Trinajstić information content (AvgIpc) is 2.36. The summed E-state index contributed by atoms with van der Waals surface area (Å²) in [6.45, 7) is 0. The Bertz CT molecular complexity index is 635. The summed E-state index contributed by atoms with van der Waals surface area (Å²) in [4.78, 5) is 9.74. The molecule has 2 aliphatic heterocycles. The predicted molar refractivity (Wildman–Crippen MR) is 73.2 cm³/mol. The molecule has 0 radical (unpaired) electrons. The molecule has 8 heteroatoms. The van der Waals surface area contributed by atoms with Gasteiger partial charge in [-0.2, -0.15) is 0 Å². The van der Waals surface area contributed by atoms with Crippen molar-refractivity contribution in [1.29, 1.82) is 0 Å². The maximum Gasteiger partial charge on any atom is 0.252 e. The van der Waals surface area contributed by atoms with Gasteiger partial charge in [-0.3, -0.25) is 0 Å². The summed E-state index contributed by atoms with van der Waals surface area (Å²) < 4.78 is 50.6. The summed E-state index contributed by atoms with van der Waals surface area (Å²) in [5.74, 6) is -2.20. The van der Waals surface area contributed by atoms with E-state index in [0.717, 1.165) is 12.7 Å². The SMILES string of the molecule is CS(=O)(=O)c1cc(N2C3CCCC2CC(F)(F)C3)ncn1. The van der Waals surface area contributed by atoms with E-state index in [1.165, 1.54) is 12.4 Å². The third-order valence-electron chi connectivity index (χ3n) is 4.20. The largest absolute Gasteiger partial charge is 0.350 e. The molecule has 0 aromatic carbocycles. The molecule has 2 saturated heterocycles. The zero-order chi connectivity index (χ0) is 15.3. The van der Waals surface area contributed by atoms with Gasteiger partial charge in [0, 0.05) is 37.2 Å². The Morgan fingerprint density at radius 1 is 1.24 bits per heavy atom. The second kappa shape index (κ2) is 4.86. The van der Waals surface area contributed by atoms with Crippen LogP contribution in [0, 0.1) is 0 Å². The van der Waals surface area contributed by atoms with Gasteiger partial charge in [0.1, 0.15) is 12.1 Å². The number of rotatable bonds is 2. The zero-order valence-corrected chi connectivity index (χ0v) is 12.5. The number of piperidine rings is 2. The Morgan fingerprint density at radius 3 is 2.43 bits per heavy atom. The molecule has 1 aromatic rings. The molecule has 3 rings (SSSR count). The number of alkyl halides is 2. The van der Waals surface area contributed by atoms with Crippen molar-refractivity contribution in [2.75, 3.05) is 11.2 Å². The lowest BCUT2D eigenvalue weighted by Crippen LogP contribution is -2.56. The van der Waals surface area contributed by atoms with Gasteiger partial charge in [0.15, 0.2) is 14.9 Å². The first-order valence-corrected chi connectivity index (χ1v) is 8.84. The summed E-state index contributed by atoms with van der Waals surface area (Å²) in [7, 11) is -3.44. The highest BCUT2D eigenvalue weighted by Gasteiger charge is 2.47. The van der Waals surface area contributed by atoms with E-state index >= 15 is 0 Å². The highest BCUT2D eigenvalue weighted by molar-refractivity contribution is 7.90. The van der Waals surface area contributed by atoms with Gasteiger partial charge in [0.2, 0.25) is 0 Å². The van der Waals surface area contributed by atoms with Crippen LogP contribution in [-0.2, 0) is 9.84 Å². The van der Waals surface area contributed by atoms with E-state index in [0.29, 0.717) is 18.7 Å². The minimum Gasteiger partial charge on any atom is -0.350 e. The van der Waals surface area contributed by atoms with Crippen molar-refractivity contribution in [2.24, 2.45) is 0 Å². The Balaban J connectivity index is 1.97. The van der Waals surface area contributed by atoms with Gasteiger partial charge in [0.25, 0.3) is 5.92 Å². The molecule has 0 amide bonds. The van der Waals surface area contributed by atoms with Gasteiger partial charge in [-0.05, 0) is 19.3 Å². The molecule has 2 unspecified atom stereocenters. The minimum absolute atomic E-state index is 0.0668. The maximum atomic E-state index is 13.7. The van der Waals surface area contributed by atoms with Crippen LogP contribution >= 0.6 is 0 Å². The molecule has 2 atom stereocenters. The summed E-state index contributed by atoms with van der Waals surface area (Å²) in [5, 5.41) is -0.0668. The van der Waals surface area contributed by atoms with Crippen LogP contribution in [0.1, 0.15) is 32.1 Å². The normalized spacial score (nSPS) is 28.4. The van der Waals surface area contributed by atoms with Crippen LogP contribution in [0.3, 0.4) is 0 Å². The number of sulfone groups is 1. The fraction of sp³-hybridized carbons (Fsp3) is 0.692. The maximum absolute atomic E-state index is 13.7. The van der Waals surface area contributed by atoms with Gasteiger partial charge >= 0.3 is 0 Å². The van der Waals surface area contributed by atoms with Crippen LogP contribution in [0.5, 0.6) is 0 Å². The fourth-order valence-electron chi connectivity index (χ4n) is 3.39. The highest BCUT2D eigenvalue weighted by Crippen LogP contribution is 2.43. The van der Waals surface area contributed by atoms with Crippen LogP contribution in [-0.4, -0.2) is 42.6 Å². The van der Waals surface area contributed by atoms with E-state index in [2.05, 4.69) is 9.97 Å². The Labute approximate surface area is 122 Å². The first kappa shape index (κ1) is 14.6. The monoisotopic (exact) mass is 317 g/mol. The van der Waals surface area contributed by atoms with E-state index in [-0.39, 0.29) is 30.0 Å². The van der Waals surface area contributed by atoms with Crippen LogP contribution in [0.25, 0.3) is 0 Å². The van der Waals surface area contributed by atoms with Crippen molar-refractivity contribution in [1.82, 2.24) is 9.97 Å². The quantitative estimate of drug-likeness (QED) is 0.781. The van der Waals surface area contributed by atoms with Crippen molar-refractivity contribution in [3.8, 4) is 0 Å². The van der Waals surface area contributed by atoms with Crippen molar-refractivity contribution < 1.29 is 17.2 Å². The summed E-state index contributed by atoms with van der Waals surface area (Å²) >= 11 is 0. The van der Waals surface area contributed by atoms with Crippen LogP contribution in [0.15, 0.2) is 17.4 Å². The molecular weight excluding hydrogens is 300 g/mol. The van der Waals surface area contributed by atoms with Crippen molar-refractivity contribution in [3.63, 3.8) is 0 Å². The number of fused-ring (bicyclic) bond motifs is 2. The Kier molecular flexibility index (Phi) is 3.38. The van der Waals surface area contributed by atoms with Crippen LogP contribution in [0.4, 0.5) is 14.6 Å². The summed E-state index contributed by atoms with van der Waals surface area (Å²) in [6, 6.07) is 0.828. The lowest BCUT2D eigenvalue weighted by atomic mass is 9.82. The lowest BCUT2D eigenvalue weighted by molar-refractivity contribution is -0.0543. The Hall–Kier alpha value is -1.31. The fourth-order valence-corrected chi connectivity index (χ4v) is 3.95. The number of aromatic nitrogens is 2. The second-order valence-electron chi connectivity index (χ2n) is 5.90. The topological polar surface area (TPSA) is 63.2 Å². The molecule has 1 aromatic heterocycles. The predicted octanol–water partition coefficient (Wildman–Crippen LogP) is 2.04. The van der Waals surface area contributed by atoms with Gasteiger partial charge < -0.3 is 4.90 Å². The molecule has 2 aliphatic rings. The first-order valence-electron chi connectivity index (χ1n) is 6.94. The third-order valence-corrected chi connectivity index (χ3v) is 5.19. The standard InChI is InChI=1S/C13H17F2N3O2S/c1-21(19,20)12-5-11(16-8-17-12)18-9-3-2-4-10(18)7-13(14,15)6-9/h5,8-10H,2-4,6-7H2,1H3. The van der Waals surface area contributed by atoms with E-state index in [4.69, 9.17) is 0 Å². The Morgan fingerprint density at radius 2 is 1.86 bits per heavy atom. The zero-order valence-electron chi connectivity index (χ0n) is 11.7. The average molecular weight is 317 g/mol.